The van der Waals surface area contributed by atoms with E-state index in [0.717, 1.165) is 12.1 Å². The molecule has 0 saturated carbocycles. The molecule has 90 valence electrons. The maximum absolute atomic E-state index is 12.9. The Morgan fingerprint density at radius 3 is 2.59 bits per heavy atom. The van der Waals surface area contributed by atoms with Crippen LogP contribution in [-0.4, -0.2) is 12.5 Å². The first kappa shape index (κ1) is 13.1. The van der Waals surface area contributed by atoms with Crippen LogP contribution in [0, 0.1) is 28.4 Å². The van der Waals surface area contributed by atoms with Crippen LogP contribution in [-0.2, 0) is 0 Å². The molecule has 0 aliphatic carbocycles. The molecule has 0 bridgehead atoms. The summed E-state index contributed by atoms with van der Waals surface area (Å²) in [5.74, 6) is -2.61. The summed E-state index contributed by atoms with van der Waals surface area (Å²) < 4.78 is 25.5. The Morgan fingerprint density at radius 2 is 2.06 bits per heavy atom. The predicted molar refractivity (Wildman–Crippen MR) is 58.1 cm³/mol. The van der Waals surface area contributed by atoms with Crippen LogP contribution in [0.4, 0.5) is 8.78 Å². The summed E-state index contributed by atoms with van der Waals surface area (Å²) in [7, 11) is 0. The third kappa shape index (κ3) is 3.52. The summed E-state index contributed by atoms with van der Waals surface area (Å²) >= 11 is 0. The molecule has 1 rings (SSSR count). The van der Waals surface area contributed by atoms with E-state index in [-0.39, 0.29) is 12.1 Å². The summed E-state index contributed by atoms with van der Waals surface area (Å²) in [6.45, 7) is 3.47. The normalized spacial score (nSPS) is 10.8. The molecule has 0 atom stereocenters. The van der Waals surface area contributed by atoms with Crippen LogP contribution in [0.1, 0.15) is 24.2 Å². The summed E-state index contributed by atoms with van der Waals surface area (Å²) in [6, 6.07) is 4.92. The Kier molecular flexibility index (Phi) is 3.79. The van der Waals surface area contributed by atoms with Gasteiger partial charge in [-0.2, -0.15) is 5.26 Å². The summed E-state index contributed by atoms with van der Waals surface area (Å²) in [5.41, 5.74) is -0.675. The van der Waals surface area contributed by atoms with Crippen molar-refractivity contribution < 1.29 is 13.6 Å². The van der Waals surface area contributed by atoms with E-state index in [1.54, 1.807) is 13.8 Å². The topological polar surface area (TPSA) is 52.9 Å². The highest BCUT2D eigenvalue weighted by atomic mass is 19.2. The summed E-state index contributed by atoms with van der Waals surface area (Å²) in [6.07, 6.45) is 0. The average Bonchev–Trinajstić information content (AvgIpc) is 2.30. The number of halogens is 2. The molecule has 0 aromatic heterocycles. The van der Waals surface area contributed by atoms with E-state index in [9.17, 15) is 13.6 Å². The Labute approximate surface area is 98.1 Å². The third-order valence-corrected chi connectivity index (χ3v) is 2.18. The number of amides is 1. The maximum Gasteiger partial charge on any atom is 0.251 e. The van der Waals surface area contributed by atoms with Crippen LogP contribution >= 0.6 is 0 Å². The van der Waals surface area contributed by atoms with Gasteiger partial charge >= 0.3 is 0 Å². The van der Waals surface area contributed by atoms with E-state index in [1.165, 1.54) is 6.07 Å². The maximum atomic E-state index is 12.9. The minimum absolute atomic E-state index is 0.0256. The van der Waals surface area contributed by atoms with Gasteiger partial charge in [-0.1, -0.05) is 0 Å². The molecule has 5 heteroatoms. The van der Waals surface area contributed by atoms with E-state index in [4.69, 9.17) is 5.26 Å². The van der Waals surface area contributed by atoms with Gasteiger partial charge in [0, 0.05) is 12.1 Å². The standard InChI is InChI=1S/C12H12F2N2O/c1-12(2,6-15)7-16-11(17)8-3-4-9(13)10(14)5-8/h3-5H,7H2,1-2H3,(H,16,17). The Morgan fingerprint density at radius 1 is 1.41 bits per heavy atom. The van der Waals surface area contributed by atoms with Gasteiger partial charge in [0.15, 0.2) is 11.6 Å². The minimum atomic E-state index is -1.07. The average molecular weight is 238 g/mol. The number of benzene rings is 1. The molecule has 0 spiro atoms. The number of nitriles is 1. The smallest absolute Gasteiger partial charge is 0.251 e. The van der Waals surface area contributed by atoms with Crippen LogP contribution in [0.15, 0.2) is 18.2 Å². The number of nitrogens with zero attached hydrogens (tertiary/aromatic N) is 1. The lowest BCUT2D eigenvalue weighted by atomic mass is 9.96. The van der Waals surface area contributed by atoms with Crippen molar-refractivity contribution in [1.29, 1.82) is 5.26 Å². The first-order valence-electron chi connectivity index (χ1n) is 5.00. The zero-order valence-electron chi connectivity index (χ0n) is 9.55. The highest BCUT2D eigenvalue weighted by molar-refractivity contribution is 5.94. The third-order valence-electron chi connectivity index (χ3n) is 2.18. The fourth-order valence-electron chi connectivity index (χ4n) is 1.08. The van der Waals surface area contributed by atoms with Crippen molar-refractivity contribution in [3.8, 4) is 6.07 Å². The SMILES string of the molecule is CC(C)(C#N)CNC(=O)c1ccc(F)c(F)c1. The van der Waals surface area contributed by atoms with E-state index in [0.29, 0.717) is 0 Å². The van der Waals surface area contributed by atoms with Gasteiger partial charge in [-0.3, -0.25) is 4.79 Å². The van der Waals surface area contributed by atoms with Gasteiger partial charge in [-0.15, -0.1) is 0 Å². The number of hydrogen-bond acceptors (Lipinski definition) is 2. The molecule has 1 amide bonds. The number of carbonyl (C=O) groups is 1. The van der Waals surface area contributed by atoms with Crippen molar-refractivity contribution in [3.63, 3.8) is 0 Å². The van der Waals surface area contributed by atoms with Crippen molar-refractivity contribution in [2.75, 3.05) is 6.54 Å². The molecule has 3 nitrogen and oxygen atoms in total. The molecule has 0 saturated heterocycles. The van der Waals surface area contributed by atoms with Crippen LogP contribution in [0.5, 0.6) is 0 Å². The van der Waals surface area contributed by atoms with Gasteiger partial charge in [0.05, 0.1) is 11.5 Å². The van der Waals surface area contributed by atoms with Gasteiger partial charge in [0.2, 0.25) is 0 Å². The van der Waals surface area contributed by atoms with Crippen molar-refractivity contribution in [2.24, 2.45) is 5.41 Å². The molecule has 0 unspecified atom stereocenters. The van der Waals surface area contributed by atoms with Crippen LogP contribution in [0.25, 0.3) is 0 Å². The van der Waals surface area contributed by atoms with Gasteiger partial charge in [0.25, 0.3) is 5.91 Å². The first-order chi connectivity index (χ1) is 7.85. The quantitative estimate of drug-likeness (QED) is 0.878. The second-order valence-corrected chi connectivity index (χ2v) is 4.31. The molecular weight excluding hydrogens is 226 g/mol. The predicted octanol–water partition coefficient (Wildman–Crippen LogP) is 2.24. The number of rotatable bonds is 3. The molecule has 17 heavy (non-hydrogen) atoms. The fourth-order valence-corrected chi connectivity index (χ4v) is 1.08. The summed E-state index contributed by atoms with van der Waals surface area (Å²) in [5, 5.41) is 11.2. The lowest BCUT2D eigenvalue weighted by molar-refractivity contribution is 0.0943. The van der Waals surface area contributed by atoms with Crippen molar-refractivity contribution >= 4 is 5.91 Å². The largest absolute Gasteiger partial charge is 0.350 e. The van der Waals surface area contributed by atoms with Crippen LogP contribution in [0.3, 0.4) is 0 Å². The number of nitrogens with one attached hydrogen (secondary N) is 1. The van der Waals surface area contributed by atoms with Gasteiger partial charge in [0.1, 0.15) is 0 Å². The Hall–Kier alpha value is -1.96. The zero-order chi connectivity index (χ0) is 13.1. The Bertz CT molecular complexity index is 478. The van der Waals surface area contributed by atoms with Gasteiger partial charge < -0.3 is 5.32 Å². The lowest BCUT2D eigenvalue weighted by Crippen LogP contribution is -2.33. The second kappa shape index (κ2) is 4.91. The zero-order valence-corrected chi connectivity index (χ0v) is 9.55. The molecule has 1 aromatic rings. The lowest BCUT2D eigenvalue weighted by Gasteiger charge is -2.15. The molecule has 0 aliphatic rings. The highest BCUT2D eigenvalue weighted by Crippen LogP contribution is 2.12. The molecular formula is C12H12F2N2O. The molecule has 1 N–H and O–H groups in total. The highest BCUT2D eigenvalue weighted by Gasteiger charge is 2.18. The fraction of sp³-hybridized carbons (Fsp3) is 0.333. The molecule has 1 aromatic carbocycles. The summed E-state index contributed by atoms with van der Waals surface area (Å²) in [4.78, 5) is 11.6. The molecule has 0 radical (unpaired) electrons. The van der Waals surface area contributed by atoms with Crippen molar-refractivity contribution in [2.45, 2.75) is 13.8 Å². The van der Waals surface area contributed by atoms with E-state index >= 15 is 0 Å². The van der Waals surface area contributed by atoms with Gasteiger partial charge in [-0.05, 0) is 32.0 Å². The minimum Gasteiger partial charge on any atom is -0.350 e. The number of hydrogen-bond donors (Lipinski definition) is 1. The van der Waals surface area contributed by atoms with E-state index in [1.807, 2.05) is 6.07 Å². The van der Waals surface area contributed by atoms with Crippen molar-refractivity contribution in [1.82, 2.24) is 5.32 Å². The monoisotopic (exact) mass is 238 g/mol. The second-order valence-electron chi connectivity index (χ2n) is 4.31. The van der Waals surface area contributed by atoms with Crippen LogP contribution < -0.4 is 5.32 Å². The Balaban J connectivity index is 2.72. The van der Waals surface area contributed by atoms with Crippen LogP contribution in [0.2, 0.25) is 0 Å². The molecule has 0 heterocycles. The van der Waals surface area contributed by atoms with E-state index < -0.39 is 23.0 Å². The molecule has 0 fully saturated rings. The number of carbonyl (C=O) groups excluding carboxylic acids is 1. The molecule has 0 aliphatic heterocycles. The van der Waals surface area contributed by atoms with Gasteiger partial charge in [-0.25, -0.2) is 8.78 Å². The van der Waals surface area contributed by atoms with E-state index in [2.05, 4.69) is 5.32 Å². The van der Waals surface area contributed by atoms with Crippen molar-refractivity contribution in [3.05, 3.63) is 35.4 Å². The first-order valence-corrected chi connectivity index (χ1v) is 5.00.